The van der Waals surface area contributed by atoms with Crippen molar-refractivity contribution in [2.24, 2.45) is 0 Å². The third-order valence-electron chi connectivity index (χ3n) is 3.95. The minimum absolute atomic E-state index is 0.0309. The van der Waals surface area contributed by atoms with E-state index < -0.39 is 0 Å². The van der Waals surface area contributed by atoms with Crippen LogP contribution in [-0.4, -0.2) is 12.1 Å². The van der Waals surface area contributed by atoms with E-state index in [-0.39, 0.29) is 18.0 Å². The van der Waals surface area contributed by atoms with Gasteiger partial charge in [0.15, 0.2) is 0 Å². The van der Waals surface area contributed by atoms with Gasteiger partial charge in [-0.1, -0.05) is 49.6 Å². The van der Waals surface area contributed by atoms with Gasteiger partial charge in [-0.05, 0) is 38.2 Å². The zero-order valence-corrected chi connectivity index (χ0v) is 12.0. The topological polar surface area (TPSA) is 26.3 Å². The van der Waals surface area contributed by atoms with Crippen molar-refractivity contribution in [2.75, 3.05) is 0 Å². The number of unbranched alkanes of at least 4 members (excludes halogenated alkanes) is 2. The molecular formula is C17H24O2. The Morgan fingerprint density at radius 3 is 2.53 bits per heavy atom. The highest BCUT2D eigenvalue weighted by Gasteiger charge is 2.30. The summed E-state index contributed by atoms with van der Waals surface area (Å²) in [6, 6.07) is 8.24. The maximum atomic E-state index is 12.1. The summed E-state index contributed by atoms with van der Waals surface area (Å²) in [6.45, 7) is 4.26. The molecule has 1 aromatic rings. The molecule has 1 aliphatic heterocycles. The van der Waals surface area contributed by atoms with Crippen molar-refractivity contribution in [3.05, 3.63) is 35.4 Å². The van der Waals surface area contributed by atoms with Gasteiger partial charge in [-0.2, -0.15) is 0 Å². The molecule has 19 heavy (non-hydrogen) atoms. The molecule has 0 aliphatic carbocycles. The summed E-state index contributed by atoms with van der Waals surface area (Å²) in [7, 11) is 0. The number of ether oxygens (including phenoxy) is 1. The van der Waals surface area contributed by atoms with Crippen LogP contribution in [0.5, 0.6) is 0 Å². The molecule has 0 saturated carbocycles. The Hall–Kier alpha value is -1.31. The van der Waals surface area contributed by atoms with Gasteiger partial charge >= 0.3 is 5.97 Å². The second kappa shape index (κ2) is 6.74. The van der Waals surface area contributed by atoms with Gasteiger partial charge in [0.25, 0.3) is 0 Å². The van der Waals surface area contributed by atoms with Crippen LogP contribution < -0.4 is 0 Å². The normalized spacial score (nSPS) is 23.2. The van der Waals surface area contributed by atoms with Gasteiger partial charge in [0.05, 0.1) is 5.92 Å². The van der Waals surface area contributed by atoms with Crippen LogP contribution in [0.2, 0.25) is 0 Å². The maximum absolute atomic E-state index is 12.1. The molecule has 1 heterocycles. The van der Waals surface area contributed by atoms with E-state index >= 15 is 0 Å². The van der Waals surface area contributed by atoms with E-state index in [0.29, 0.717) is 0 Å². The van der Waals surface area contributed by atoms with Crippen molar-refractivity contribution in [3.63, 3.8) is 0 Å². The molecule has 0 radical (unpaired) electrons. The van der Waals surface area contributed by atoms with Gasteiger partial charge in [0.2, 0.25) is 0 Å². The molecule has 0 spiro atoms. The van der Waals surface area contributed by atoms with E-state index in [4.69, 9.17) is 4.74 Å². The number of hydrogen-bond acceptors (Lipinski definition) is 2. The molecule has 1 fully saturated rings. The van der Waals surface area contributed by atoms with Crippen LogP contribution in [0.25, 0.3) is 0 Å². The molecule has 2 atom stereocenters. The van der Waals surface area contributed by atoms with E-state index in [0.717, 1.165) is 24.8 Å². The molecular weight excluding hydrogens is 236 g/mol. The SMILES string of the molecule is CCCCCC1CCC(c2ccc(C)cc2)C(=O)O1. The smallest absolute Gasteiger partial charge is 0.313 e. The summed E-state index contributed by atoms with van der Waals surface area (Å²) >= 11 is 0. The molecule has 104 valence electrons. The van der Waals surface area contributed by atoms with Crippen molar-refractivity contribution < 1.29 is 9.53 Å². The van der Waals surface area contributed by atoms with E-state index in [9.17, 15) is 4.79 Å². The molecule has 0 bridgehead atoms. The number of hydrogen-bond donors (Lipinski definition) is 0. The third-order valence-corrected chi connectivity index (χ3v) is 3.95. The summed E-state index contributed by atoms with van der Waals surface area (Å²) in [4.78, 5) is 12.1. The lowest BCUT2D eigenvalue weighted by Crippen LogP contribution is -2.29. The Morgan fingerprint density at radius 1 is 1.16 bits per heavy atom. The van der Waals surface area contributed by atoms with Gasteiger partial charge < -0.3 is 4.74 Å². The Labute approximate surface area is 116 Å². The van der Waals surface area contributed by atoms with Crippen molar-refractivity contribution in [1.29, 1.82) is 0 Å². The first-order valence-electron chi connectivity index (χ1n) is 7.47. The molecule has 2 heteroatoms. The number of esters is 1. The summed E-state index contributed by atoms with van der Waals surface area (Å²) < 4.78 is 5.59. The van der Waals surface area contributed by atoms with Crippen LogP contribution >= 0.6 is 0 Å². The van der Waals surface area contributed by atoms with Crippen molar-refractivity contribution >= 4 is 5.97 Å². The lowest BCUT2D eigenvalue weighted by atomic mass is 9.89. The van der Waals surface area contributed by atoms with Crippen LogP contribution in [0.1, 0.15) is 62.5 Å². The van der Waals surface area contributed by atoms with Gasteiger partial charge in [0.1, 0.15) is 6.10 Å². The second-order valence-corrected chi connectivity index (χ2v) is 5.60. The minimum Gasteiger partial charge on any atom is -0.462 e. The molecule has 0 amide bonds. The molecule has 2 unspecified atom stereocenters. The standard InChI is InChI=1S/C17H24O2/c1-3-4-5-6-15-11-12-16(17(18)19-15)14-9-7-13(2)8-10-14/h7-10,15-16H,3-6,11-12H2,1-2H3. The number of rotatable bonds is 5. The molecule has 1 aliphatic rings. The first-order chi connectivity index (χ1) is 9.20. The summed E-state index contributed by atoms with van der Waals surface area (Å²) in [5.74, 6) is -0.0837. The van der Waals surface area contributed by atoms with Crippen molar-refractivity contribution in [1.82, 2.24) is 0 Å². The molecule has 1 aromatic carbocycles. The van der Waals surface area contributed by atoms with Gasteiger partial charge in [-0.15, -0.1) is 0 Å². The fourth-order valence-corrected chi connectivity index (χ4v) is 2.70. The fourth-order valence-electron chi connectivity index (χ4n) is 2.70. The minimum atomic E-state index is -0.0528. The first-order valence-corrected chi connectivity index (χ1v) is 7.47. The van der Waals surface area contributed by atoms with Crippen LogP contribution in [0.15, 0.2) is 24.3 Å². The number of carbonyl (C=O) groups is 1. The number of aryl methyl sites for hydroxylation is 1. The fraction of sp³-hybridized carbons (Fsp3) is 0.588. The van der Waals surface area contributed by atoms with Crippen LogP contribution in [0.4, 0.5) is 0 Å². The molecule has 1 saturated heterocycles. The number of carbonyl (C=O) groups excluding carboxylic acids is 1. The number of benzene rings is 1. The molecule has 2 nitrogen and oxygen atoms in total. The zero-order valence-electron chi connectivity index (χ0n) is 12.0. The van der Waals surface area contributed by atoms with E-state index in [1.54, 1.807) is 0 Å². The van der Waals surface area contributed by atoms with Crippen LogP contribution in [-0.2, 0) is 9.53 Å². The molecule has 0 N–H and O–H groups in total. The van der Waals surface area contributed by atoms with Gasteiger partial charge in [-0.25, -0.2) is 0 Å². The average Bonchev–Trinajstić information content (AvgIpc) is 2.41. The molecule has 2 rings (SSSR count). The predicted molar refractivity (Wildman–Crippen MR) is 77.2 cm³/mol. The highest BCUT2D eigenvalue weighted by molar-refractivity contribution is 5.79. The van der Waals surface area contributed by atoms with Crippen molar-refractivity contribution in [2.45, 2.75) is 64.4 Å². The quantitative estimate of drug-likeness (QED) is 0.580. The Morgan fingerprint density at radius 2 is 1.89 bits per heavy atom. The Kier molecular flexibility index (Phi) is 5.00. The van der Waals surface area contributed by atoms with E-state index in [1.807, 2.05) is 0 Å². The lowest BCUT2D eigenvalue weighted by Gasteiger charge is -2.28. The van der Waals surface area contributed by atoms with Crippen LogP contribution in [0.3, 0.4) is 0 Å². The average molecular weight is 260 g/mol. The maximum Gasteiger partial charge on any atom is 0.313 e. The number of cyclic esters (lactones) is 1. The molecule has 0 aromatic heterocycles. The van der Waals surface area contributed by atoms with Crippen LogP contribution in [0, 0.1) is 6.92 Å². The highest BCUT2D eigenvalue weighted by atomic mass is 16.5. The summed E-state index contributed by atoms with van der Waals surface area (Å²) in [5, 5.41) is 0. The van der Waals surface area contributed by atoms with Gasteiger partial charge in [-0.3, -0.25) is 4.79 Å². The summed E-state index contributed by atoms with van der Waals surface area (Å²) in [5.41, 5.74) is 2.33. The monoisotopic (exact) mass is 260 g/mol. The largest absolute Gasteiger partial charge is 0.462 e. The highest BCUT2D eigenvalue weighted by Crippen LogP contribution is 2.31. The van der Waals surface area contributed by atoms with Gasteiger partial charge in [0, 0.05) is 0 Å². The Balaban J connectivity index is 1.90. The predicted octanol–water partition coefficient (Wildman–Crippen LogP) is 4.36. The first kappa shape index (κ1) is 14.1. The van der Waals surface area contributed by atoms with E-state index in [1.165, 1.54) is 24.8 Å². The second-order valence-electron chi connectivity index (χ2n) is 5.60. The lowest BCUT2D eigenvalue weighted by molar-refractivity contribution is -0.156. The van der Waals surface area contributed by atoms with Crippen molar-refractivity contribution in [3.8, 4) is 0 Å². The Bertz CT molecular complexity index is 408. The summed E-state index contributed by atoms with van der Waals surface area (Å²) in [6.07, 6.45) is 6.74. The zero-order chi connectivity index (χ0) is 13.7. The third kappa shape index (κ3) is 3.82. The van der Waals surface area contributed by atoms with E-state index in [2.05, 4.69) is 38.1 Å².